The van der Waals surface area contributed by atoms with Crippen LogP contribution in [0.25, 0.3) is 11.1 Å². The predicted molar refractivity (Wildman–Crippen MR) is 102 cm³/mol. The number of nitriles is 1. The molecule has 2 atom stereocenters. The summed E-state index contributed by atoms with van der Waals surface area (Å²) in [5.41, 5.74) is 6.96. The Hall–Kier alpha value is -2.72. The summed E-state index contributed by atoms with van der Waals surface area (Å²) < 4.78 is 13.6. The van der Waals surface area contributed by atoms with E-state index in [0.29, 0.717) is 5.92 Å². The standard InChI is InChI=1S/C20H19FN4OS/c1-20(17(11-3-4-11)18(26)25(2)19(23)24-20)16-8-14(10-27-16)12-5-6-15(21)13(7-12)9-22/h5-8,10-11,17H,3-4H2,1-2H3,(H2,23,24). The molecule has 1 aliphatic heterocycles. The fourth-order valence-electron chi connectivity index (χ4n) is 3.79. The average molecular weight is 382 g/mol. The van der Waals surface area contributed by atoms with E-state index in [4.69, 9.17) is 16.0 Å². The topological polar surface area (TPSA) is 82.5 Å². The number of nitrogens with two attached hydrogens (primary N) is 1. The summed E-state index contributed by atoms with van der Waals surface area (Å²) in [6, 6.07) is 8.34. The minimum Gasteiger partial charge on any atom is -0.369 e. The van der Waals surface area contributed by atoms with Gasteiger partial charge in [0.1, 0.15) is 17.4 Å². The fourth-order valence-corrected chi connectivity index (χ4v) is 4.85. The third kappa shape index (κ3) is 2.81. The van der Waals surface area contributed by atoms with Crippen LogP contribution in [0.5, 0.6) is 0 Å². The van der Waals surface area contributed by atoms with Gasteiger partial charge in [-0.1, -0.05) is 6.07 Å². The van der Waals surface area contributed by atoms with E-state index in [1.165, 1.54) is 22.3 Å². The molecule has 4 rings (SSSR count). The molecule has 0 radical (unpaired) electrons. The van der Waals surface area contributed by atoms with E-state index >= 15 is 0 Å². The Balaban J connectivity index is 1.77. The van der Waals surface area contributed by atoms with E-state index in [2.05, 4.69) is 0 Å². The van der Waals surface area contributed by atoms with Crippen molar-refractivity contribution in [2.24, 2.45) is 22.6 Å². The Labute approximate surface area is 160 Å². The Bertz CT molecular complexity index is 1000. The van der Waals surface area contributed by atoms with Crippen LogP contribution in [0.2, 0.25) is 0 Å². The van der Waals surface area contributed by atoms with Gasteiger partial charge in [0.05, 0.1) is 11.5 Å². The molecule has 1 aromatic heterocycles. The molecule has 2 N–H and O–H groups in total. The number of carbonyl (C=O) groups excluding carboxylic acids is 1. The molecule has 0 saturated heterocycles. The van der Waals surface area contributed by atoms with Crippen LogP contribution < -0.4 is 5.73 Å². The smallest absolute Gasteiger partial charge is 0.235 e. The number of rotatable bonds is 3. The molecule has 2 unspecified atom stereocenters. The molecule has 5 nitrogen and oxygen atoms in total. The number of hydrogen-bond donors (Lipinski definition) is 1. The van der Waals surface area contributed by atoms with Gasteiger partial charge in [-0.05, 0) is 60.4 Å². The number of thiophene rings is 1. The number of guanidine groups is 1. The Morgan fingerprint density at radius 3 is 2.78 bits per heavy atom. The molecule has 1 aromatic carbocycles. The number of benzene rings is 1. The highest BCUT2D eigenvalue weighted by atomic mass is 32.1. The summed E-state index contributed by atoms with van der Waals surface area (Å²) in [7, 11) is 1.66. The highest BCUT2D eigenvalue weighted by Crippen LogP contribution is 2.51. The van der Waals surface area contributed by atoms with Crippen LogP contribution in [-0.2, 0) is 10.3 Å². The van der Waals surface area contributed by atoms with E-state index in [9.17, 15) is 9.18 Å². The van der Waals surface area contributed by atoms with Crippen molar-refractivity contribution in [3.05, 3.63) is 45.9 Å². The predicted octanol–water partition coefficient (Wildman–Crippen LogP) is 3.45. The normalized spacial score (nSPS) is 25.3. The third-order valence-electron chi connectivity index (χ3n) is 5.50. The van der Waals surface area contributed by atoms with Gasteiger partial charge in [-0.15, -0.1) is 11.3 Å². The van der Waals surface area contributed by atoms with Crippen LogP contribution in [0, 0.1) is 29.0 Å². The van der Waals surface area contributed by atoms with Gasteiger partial charge in [-0.25, -0.2) is 9.38 Å². The Morgan fingerprint density at radius 1 is 1.37 bits per heavy atom. The highest BCUT2D eigenvalue weighted by Gasteiger charge is 2.53. The van der Waals surface area contributed by atoms with Crippen molar-refractivity contribution in [1.29, 1.82) is 5.26 Å². The summed E-state index contributed by atoms with van der Waals surface area (Å²) in [5.74, 6) is -0.206. The van der Waals surface area contributed by atoms with Crippen LogP contribution in [-0.4, -0.2) is 23.8 Å². The molecule has 2 aromatic rings. The second kappa shape index (κ2) is 6.17. The summed E-state index contributed by atoms with van der Waals surface area (Å²) in [5, 5.41) is 11.0. The van der Waals surface area contributed by atoms with Gasteiger partial charge < -0.3 is 5.73 Å². The van der Waals surface area contributed by atoms with Gasteiger partial charge in [-0.3, -0.25) is 9.69 Å². The first-order valence-corrected chi connectivity index (χ1v) is 9.65. The summed E-state index contributed by atoms with van der Waals surface area (Å²) in [6.07, 6.45) is 2.05. The van der Waals surface area contributed by atoms with E-state index in [0.717, 1.165) is 28.8 Å². The molecular formula is C20H19FN4OS. The monoisotopic (exact) mass is 382 g/mol. The van der Waals surface area contributed by atoms with Crippen LogP contribution in [0.3, 0.4) is 0 Å². The molecule has 7 heteroatoms. The highest BCUT2D eigenvalue weighted by molar-refractivity contribution is 7.10. The molecule has 2 aliphatic rings. The first-order valence-electron chi connectivity index (χ1n) is 8.77. The van der Waals surface area contributed by atoms with Crippen molar-refractivity contribution >= 4 is 23.2 Å². The maximum atomic E-state index is 13.6. The summed E-state index contributed by atoms with van der Waals surface area (Å²) in [4.78, 5) is 20.0. The van der Waals surface area contributed by atoms with E-state index in [-0.39, 0.29) is 23.3 Å². The minimum absolute atomic E-state index is 0.0102. The lowest BCUT2D eigenvalue weighted by molar-refractivity contribution is -0.134. The maximum absolute atomic E-state index is 13.6. The van der Waals surface area contributed by atoms with E-state index < -0.39 is 11.4 Å². The van der Waals surface area contributed by atoms with Crippen molar-refractivity contribution in [1.82, 2.24) is 4.90 Å². The average Bonchev–Trinajstić information content (AvgIpc) is 3.33. The lowest BCUT2D eigenvalue weighted by Gasteiger charge is -2.40. The first kappa shape index (κ1) is 17.7. The lowest BCUT2D eigenvalue weighted by atomic mass is 9.79. The first-order chi connectivity index (χ1) is 12.8. The van der Waals surface area contributed by atoms with Crippen LogP contribution in [0.15, 0.2) is 34.6 Å². The zero-order chi connectivity index (χ0) is 19.3. The molecule has 1 saturated carbocycles. The summed E-state index contributed by atoms with van der Waals surface area (Å²) in [6.45, 7) is 1.97. The number of aliphatic imine (C=N–C) groups is 1. The fraction of sp³-hybridized carbons (Fsp3) is 0.350. The number of halogens is 1. The van der Waals surface area contributed by atoms with Crippen LogP contribution in [0.4, 0.5) is 4.39 Å². The molecule has 1 amide bonds. The zero-order valence-electron chi connectivity index (χ0n) is 15.1. The number of carbonyl (C=O) groups is 1. The molecule has 27 heavy (non-hydrogen) atoms. The van der Waals surface area contributed by atoms with E-state index in [1.807, 2.05) is 24.4 Å². The van der Waals surface area contributed by atoms with Crippen molar-refractivity contribution in [2.45, 2.75) is 25.3 Å². The molecular weight excluding hydrogens is 363 g/mol. The number of hydrogen-bond acceptors (Lipinski definition) is 5. The second-order valence-corrected chi connectivity index (χ2v) is 8.25. The van der Waals surface area contributed by atoms with Gasteiger partial charge in [0.2, 0.25) is 5.91 Å². The van der Waals surface area contributed by atoms with Crippen LogP contribution in [0.1, 0.15) is 30.2 Å². The maximum Gasteiger partial charge on any atom is 0.235 e. The van der Waals surface area contributed by atoms with Crippen molar-refractivity contribution in [3.8, 4) is 17.2 Å². The molecule has 2 heterocycles. The summed E-state index contributed by atoms with van der Waals surface area (Å²) >= 11 is 1.51. The lowest BCUT2D eigenvalue weighted by Crippen LogP contribution is -2.54. The minimum atomic E-state index is -0.712. The van der Waals surface area contributed by atoms with Crippen molar-refractivity contribution in [3.63, 3.8) is 0 Å². The van der Waals surface area contributed by atoms with Gasteiger partial charge in [0.25, 0.3) is 0 Å². The van der Waals surface area contributed by atoms with Gasteiger partial charge in [0.15, 0.2) is 5.96 Å². The van der Waals surface area contributed by atoms with Crippen LogP contribution >= 0.6 is 11.3 Å². The molecule has 0 bridgehead atoms. The molecule has 1 aliphatic carbocycles. The molecule has 138 valence electrons. The van der Waals surface area contributed by atoms with Gasteiger partial charge in [-0.2, -0.15) is 5.26 Å². The zero-order valence-corrected chi connectivity index (χ0v) is 15.9. The van der Waals surface area contributed by atoms with E-state index in [1.54, 1.807) is 19.2 Å². The van der Waals surface area contributed by atoms with Gasteiger partial charge in [0, 0.05) is 11.9 Å². The number of nitrogens with zero attached hydrogens (tertiary/aromatic N) is 3. The van der Waals surface area contributed by atoms with Gasteiger partial charge >= 0.3 is 0 Å². The molecule has 1 fully saturated rings. The van der Waals surface area contributed by atoms with Crippen molar-refractivity contribution < 1.29 is 9.18 Å². The SMILES string of the molecule is CN1C(=O)C(C2CC2)C(C)(c2cc(-c3ccc(F)c(C#N)c3)cs2)N=C1N. The largest absolute Gasteiger partial charge is 0.369 e. The number of amides is 1. The quantitative estimate of drug-likeness (QED) is 0.882. The Kier molecular flexibility index (Phi) is 4.04. The van der Waals surface area contributed by atoms with Crippen molar-refractivity contribution in [2.75, 3.05) is 7.05 Å². The molecule has 0 spiro atoms. The Morgan fingerprint density at radius 2 is 2.11 bits per heavy atom. The third-order valence-corrected chi connectivity index (χ3v) is 6.66. The second-order valence-electron chi connectivity index (χ2n) is 7.34.